The van der Waals surface area contributed by atoms with Gasteiger partial charge < -0.3 is 25.2 Å². The average Bonchev–Trinajstić information content (AvgIpc) is 2.65. The van der Waals surface area contributed by atoms with Gasteiger partial charge in [0, 0.05) is 25.1 Å². The smallest absolute Gasteiger partial charge is 0.407 e. The Morgan fingerprint density at radius 3 is 2.27 bits per heavy atom. The molecule has 0 saturated carbocycles. The molecule has 1 aromatic rings. The summed E-state index contributed by atoms with van der Waals surface area (Å²) in [7, 11) is 0. The van der Waals surface area contributed by atoms with Crippen LogP contribution in [0.1, 0.15) is 69.2 Å². The number of hydrogen-bond donors (Lipinski definition) is 3. The maximum Gasteiger partial charge on any atom is 0.407 e. The topological polar surface area (TPSA) is 96.9 Å². The zero-order valence-electron chi connectivity index (χ0n) is 19.3. The number of amides is 2. The molecule has 0 spiro atoms. The summed E-state index contributed by atoms with van der Waals surface area (Å²) in [5.41, 5.74) is 2.01. The predicted octanol–water partition coefficient (Wildman–Crippen LogP) is 3.82. The lowest BCUT2D eigenvalue weighted by molar-refractivity contribution is -0.136. The number of aromatic hydroxyl groups is 1. The maximum absolute atomic E-state index is 12.8. The van der Waals surface area contributed by atoms with Gasteiger partial charge in [0.15, 0.2) is 5.60 Å². The number of hydrogen-bond acceptors (Lipinski definition) is 5. The fourth-order valence-corrected chi connectivity index (χ4v) is 3.55. The van der Waals surface area contributed by atoms with Crippen molar-refractivity contribution < 1.29 is 24.2 Å². The van der Waals surface area contributed by atoms with Gasteiger partial charge in [-0.15, -0.1) is 0 Å². The molecule has 0 aliphatic carbocycles. The molecule has 2 amide bonds. The first-order valence-electron chi connectivity index (χ1n) is 10.6. The zero-order valence-corrected chi connectivity index (χ0v) is 19.3. The van der Waals surface area contributed by atoms with Crippen LogP contribution in [0.4, 0.5) is 4.79 Å². The summed E-state index contributed by atoms with van der Waals surface area (Å²) in [5.74, 6) is 0.882. The molecule has 0 saturated heterocycles. The normalized spacial score (nSPS) is 18.2. The van der Waals surface area contributed by atoms with E-state index in [-0.39, 0.29) is 5.91 Å². The van der Waals surface area contributed by atoms with Crippen LogP contribution in [0.2, 0.25) is 0 Å². The summed E-state index contributed by atoms with van der Waals surface area (Å²) in [6.07, 6.45) is 2.27. The number of phenols is 1. The number of rotatable bonds is 6. The number of phenolic OH excluding ortho intramolecular Hbond substituents is 1. The van der Waals surface area contributed by atoms with Crippen molar-refractivity contribution in [1.29, 1.82) is 0 Å². The van der Waals surface area contributed by atoms with Gasteiger partial charge in [0.1, 0.15) is 17.1 Å². The summed E-state index contributed by atoms with van der Waals surface area (Å²) >= 11 is 0. The highest BCUT2D eigenvalue weighted by molar-refractivity contribution is 5.85. The van der Waals surface area contributed by atoms with Gasteiger partial charge in [-0.25, -0.2) is 4.79 Å². The van der Waals surface area contributed by atoms with E-state index in [4.69, 9.17) is 9.47 Å². The molecule has 2 rings (SSSR count). The van der Waals surface area contributed by atoms with Gasteiger partial charge in [-0.05, 0) is 84.4 Å². The van der Waals surface area contributed by atoms with E-state index >= 15 is 0 Å². The van der Waals surface area contributed by atoms with Gasteiger partial charge in [-0.1, -0.05) is 0 Å². The highest BCUT2D eigenvalue weighted by Gasteiger charge is 2.40. The maximum atomic E-state index is 12.8. The van der Waals surface area contributed by atoms with E-state index in [1.807, 2.05) is 48.5 Å². The summed E-state index contributed by atoms with van der Waals surface area (Å²) in [4.78, 5) is 24.4. The standard InChI is InChI=1S/C23H36N2O5/c1-14-15(2)19-17(16(3)18(14)26)10-11-23(7,29-19)20(27)24-12-8-9-13-25-21(28)30-22(4,5)6/h26H,8-13H2,1-7H3,(H,24,27)(H,25,28). The van der Waals surface area contributed by atoms with Crippen LogP contribution in [0.5, 0.6) is 11.5 Å². The van der Waals surface area contributed by atoms with Crippen molar-refractivity contribution in [3.05, 3.63) is 22.3 Å². The summed E-state index contributed by atoms with van der Waals surface area (Å²) in [5, 5.41) is 16.0. The first-order valence-corrected chi connectivity index (χ1v) is 10.6. The fourth-order valence-electron chi connectivity index (χ4n) is 3.55. The van der Waals surface area contributed by atoms with Gasteiger partial charge in [-0.2, -0.15) is 0 Å². The Morgan fingerprint density at radius 2 is 1.67 bits per heavy atom. The molecular formula is C23H36N2O5. The third kappa shape index (κ3) is 5.58. The quantitative estimate of drug-likeness (QED) is 0.608. The first-order chi connectivity index (χ1) is 13.9. The Kier molecular flexibility index (Phi) is 7.27. The fraction of sp³-hybridized carbons (Fsp3) is 0.652. The van der Waals surface area contributed by atoms with Crippen LogP contribution >= 0.6 is 0 Å². The highest BCUT2D eigenvalue weighted by Crippen LogP contribution is 2.43. The number of ether oxygens (including phenoxy) is 2. The second kappa shape index (κ2) is 9.14. The number of unbranched alkanes of at least 4 members (excludes halogenated alkanes) is 1. The number of fused-ring (bicyclic) bond motifs is 1. The molecule has 168 valence electrons. The third-order valence-corrected chi connectivity index (χ3v) is 5.56. The van der Waals surface area contributed by atoms with Crippen LogP contribution in [0.15, 0.2) is 0 Å². The monoisotopic (exact) mass is 420 g/mol. The van der Waals surface area contributed by atoms with Crippen molar-refractivity contribution in [1.82, 2.24) is 10.6 Å². The van der Waals surface area contributed by atoms with Crippen molar-refractivity contribution in [2.45, 2.75) is 85.4 Å². The largest absolute Gasteiger partial charge is 0.507 e. The molecule has 3 N–H and O–H groups in total. The molecule has 1 aliphatic heterocycles. The van der Waals surface area contributed by atoms with Gasteiger partial charge >= 0.3 is 6.09 Å². The minimum Gasteiger partial charge on any atom is -0.507 e. The Balaban J connectivity index is 1.84. The molecule has 1 unspecified atom stereocenters. The van der Waals surface area contributed by atoms with Crippen molar-refractivity contribution in [3.8, 4) is 11.5 Å². The number of nitrogens with one attached hydrogen (secondary N) is 2. The Bertz CT molecular complexity index is 813. The number of carbonyl (C=O) groups is 2. The van der Waals surface area contributed by atoms with E-state index in [9.17, 15) is 14.7 Å². The lowest BCUT2D eigenvalue weighted by Gasteiger charge is -2.36. The molecule has 7 nitrogen and oxygen atoms in total. The predicted molar refractivity (Wildman–Crippen MR) is 116 cm³/mol. The molecule has 0 aromatic heterocycles. The van der Waals surface area contributed by atoms with E-state index in [1.54, 1.807) is 0 Å². The molecule has 30 heavy (non-hydrogen) atoms. The molecule has 1 aliphatic rings. The summed E-state index contributed by atoms with van der Waals surface area (Å²) in [6, 6.07) is 0. The second-order valence-electron chi connectivity index (χ2n) is 9.26. The molecule has 1 aromatic carbocycles. The van der Waals surface area contributed by atoms with E-state index in [2.05, 4.69) is 10.6 Å². The minimum absolute atomic E-state index is 0.143. The number of benzene rings is 1. The van der Waals surface area contributed by atoms with Crippen molar-refractivity contribution >= 4 is 12.0 Å². The van der Waals surface area contributed by atoms with Crippen LogP contribution in [0.3, 0.4) is 0 Å². The van der Waals surface area contributed by atoms with Gasteiger partial charge in [0.05, 0.1) is 0 Å². The van der Waals surface area contributed by atoms with Crippen molar-refractivity contribution in [2.75, 3.05) is 13.1 Å². The first kappa shape index (κ1) is 23.8. The van der Waals surface area contributed by atoms with Gasteiger partial charge in [-0.3, -0.25) is 4.79 Å². The van der Waals surface area contributed by atoms with E-state index in [0.29, 0.717) is 37.4 Å². The van der Waals surface area contributed by atoms with E-state index < -0.39 is 17.3 Å². The lowest BCUT2D eigenvalue weighted by Crippen LogP contribution is -2.51. The molecule has 0 bridgehead atoms. The number of carbonyl (C=O) groups excluding carboxylic acids is 2. The second-order valence-corrected chi connectivity index (χ2v) is 9.26. The van der Waals surface area contributed by atoms with Crippen LogP contribution in [-0.4, -0.2) is 41.4 Å². The average molecular weight is 421 g/mol. The third-order valence-electron chi connectivity index (χ3n) is 5.56. The SMILES string of the molecule is Cc1c(C)c2c(c(C)c1O)CCC(C)(C(=O)NCCCCNC(=O)OC(C)(C)C)O2. The zero-order chi connectivity index (χ0) is 22.7. The van der Waals surface area contributed by atoms with Gasteiger partial charge in [0.25, 0.3) is 5.91 Å². The minimum atomic E-state index is -0.942. The molecule has 1 heterocycles. The summed E-state index contributed by atoms with van der Waals surface area (Å²) < 4.78 is 11.4. The molecule has 7 heteroatoms. The van der Waals surface area contributed by atoms with Crippen molar-refractivity contribution in [3.63, 3.8) is 0 Å². The molecule has 0 fully saturated rings. The molecule has 0 radical (unpaired) electrons. The summed E-state index contributed by atoms with van der Waals surface area (Å²) in [6.45, 7) is 13.9. The Morgan fingerprint density at radius 1 is 1.07 bits per heavy atom. The Hall–Kier alpha value is -2.44. The lowest BCUT2D eigenvalue weighted by atomic mass is 9.86. The van der Waals surface area contributed by atoms with Crippen LogP contribution in [0, 0.1) is 20.8 Å². The van der Waals surface area contributed by atoms with Crippen molar-refractivity contribution in [2.24, 2.45) is 0 Å². The van der Waals surface area contributed by atoms with E-state index in [1.165, 1.54) is 0 Å². The van der Waals surface area contributed by atoms with Crippen LogP contribution < -0.4 is 15.4 Å². The molecular weight excluding hydrogens is 384 g/mol. The Labute approximate surface area is 179 Å². The molecule has 1 atom stereocenters. The highest BCUT2D eigenvalue weighted by atomic mass is 16.6. The van der Waals surface area contributed by atoms with E-state index in [0.717, 1.165) is 35.1 Å². The van der Waals surface area contributed by atoms with Gasteiger partial charge in [0.2, 0.25) is 0 Å². The van der Waals surface area contributed by atoms with Crippen LogP contribution in [0.25, 0.3) is 0 Å². The van der Waals surface area contributed by atoms with Crippen LogP contribution in [-0.2, 0) is 16.0 Å². The number of alkyl carbamates (subject to hydrolysis) is 1.